The van der Waals surface area contributed by atoms with Crippen LogP contribution in [0.1, 0.15) is 23.6 Å². The number of likely N-dealkylation sites (N-methyl/N-ethyl adjacent to an activating group) is 2. The van der Waals surface area contributed by atoms with E-state index in [-0.39, 0.29) is 6.10 Å². The fraction of sp³-hybridized carbons (Fsp3) is 0.647. The Morgan fingerprint density at radius 3 is 2.90 bits per heavy atom. The molecule has 1 aromatic carbocycles. The topological polar surface area (TPSA) is 24.5 Å². The molecule has 1 heterocycles. The van der Waals surface area contributed by atoms with E-state index < -0.39 is 0 Å². The summed E-state index contributed by atoms with van der Waals surface area (Å²) in [5, 5.41) is 3.46. The Morgan fingerprint density at radius 1 is 1.40 bits per heavy atom. The minimum absolute atomic E-state index is 0.286. The molecule has 2 atom stereocenters. The number of aryl methyl sites for hydroxylation is 2. The van der Waals surface area contributed by atoms with Gasteiger partial charge in [-0.1, -0.05) is 30.7 Å². The third-order valence-corrected chi connectivity index (χ3v) is 4.39. The summed E-state index contributed by atoms with van der Waals surface area (Å²) in [6.07, 6.45) is 1.32. The number of morpholine rings is 1. The third-order valence-electron chi connectivity index (χ3n) is 4.39. The summed E-state index contributed by atoms with van der Waals surface area (Å²) < 4.78 is 6.00. The van der Waals surface area contributed by atoms with Crippen LogP contribution in [-0.4, -0.2) is 50.3 Å². The largest absolute Gasteiger partial charge is 0.374 e. The maximum atomic E-state index is 6.00. The Kier molecular flexibility index (Phi) is 5.58. The van der Waals surface area contributed by atoms with E-state index in [2.05, 4.69) is 49.2 Å². The molecule has 0 amide bonds. The van der Waals surface area contributed by atoms with Crippen LogP contribution in [0, 0.1) is 13.8 Å². The number of rotatable bonds is 5. The molecule has 0 radical (unpaired) electrons. The molecule has 0 bridgehead atoms. The predicted molar refractivity (Wildman–Crippen MR) is 84.3 cm³/mol. The summed E-state index contributed by atoms with van der Waals surface area (Å²) in [5.41, 5.74) is 4.14. The van der Waals surface area contributed by atoms with Gasteiger partial charge in [-0.2, -0.15) is 0 Å². The van der Waals surface area contributed by atoms with Crippen LogP contribution < -0.4 is 5.32 Å². The molecule has 2 unspecified atom stereocenters. The molecule has 0 aliphatic carbocycles. The highest BCUT2D eigenvalue weighted by Gasteiger charge is 2.27. The van der Waals surface area contributed by atoms with Crippen LogP contribution in [0.2, 0.25) is 0 Å². The molecular weight excluding hydrogens is 248 g/mol. The van der Waals surface area contributed by atoms with Crippen LogP contribution in [0.3, 0.4) is 0 Å². The van der Waals surface area contributed by atoms with E-state index in [4.69, 9.17) is 4.74 Å². The summed E-state index contributed by atoms with van der Waals surface area (Å²) in [5.74, 6) is 0. The van der Waals surface area contributed by atoms with Crippen LogP contribution in [0.15, 0.2) is 18.2 Å². The van der Waals surface area contributed by atoms with Gasteiger partial charge in [0.15, 0.2) is 0 Å². The molecule has 1 fully saturated rings. The van der Waals surface area contributed by atoms with Gasteiger partial charge < -0.3 is 10.1 Å². The quantitative estimate of drug-likeness (QED) is 0.892. The molecule has 0 saturated carbocycles. The van der Waals surface area contributed by atoms with E-state index in [9.17, 15) is 0 Å². The first kappa shape index (κ1) is 15.5. The number of benzene rings is 1. The van der Waals surface area contributed by atoms with Crippen molar-refractivity contribution in [1.29, 1.82) is 0 Å². The number of ether oxygens (including phenoxy) is 1. The van der Waals surface area contributed by atoms with Crippen molar-refractivity contribution in [3.8, 4) is 0 Å². The van der Waals surface area contributed by atoms with Crippen molar-refractivity contribution in [3.05, 3.63) is 34.9 Å². The second-order valence-corrected chi connectivity index (χ2v) is 5.83. The van der Waals surface area contributed by atoms with Crippen molar-refractivity contribution in [2.24, 2.45) is 0 Å². The summed E-state index contributed by atoms with van der Waals surface area (Å²) in [6.45, 7) is 10.6. The second kappa shape index (κ2) is 7.21. The number of hydrogen-bond donors (Lipinski definition) is 1. The first-order chi connectivity index (χ1) is 9.63. The molecule has 3 nitrogen and oxygen atoms in total. The number of hydrogen-bond acceptors (Lipinski definition) is 3. The van der Waals surface area contributed by atoms with Gasteiger partial charge in [0.25, 0.3) is 0 Å². The van der Waals surface area contributed by atoms with Crippen molar-refractivity contribution in [3.63, 3.8) is 0 Å². The Bertz CT molecular complexity index is 433. The van der Waals surface area contributed by atoms with Gasteiger partial charge in [0.2, 0.25) is 0 Å². The van der Waals surface area contributed by atoms with Gasteiger partial charge in [0.05, 0.1) is 12.7 Å². The van der Waals surface area contributed by atoms with Crippen molar-refractivity contribution in [1.82, 2.24) is 10.2 Å². The normalized spacial score (nSPS) is 21.9. The average Bonchev–Trinajstić information content (AvgIpc) is 2.48. The standard InChI is InChI=1S/C17H28N2O/c1-5-19-8-9-20-17(12-19)16(18-4)11-15-10-13(2)6-7-14(15)3/h6-7,10,16-18H,5,8-9,11-12H2,1-4H3. The SMILES string of the molecule is CCN1CCOC(C(Cc2cc(C)ccc2C)NC)C1. The Balaban J connectivity index is 2.06. The molecule has 0 spiro atoms. The highest BCUT2D eigenvalue weighted by molar-refractivity contribution is 5.31. The van der Waals surface area contributed by atoms with Crippen molar-refractivity contribution in [2.45, 2.75) is 39.3 Å². The smallest absolute Gasteiger partial charge is 0.0858 e. The van der Waals surface area contributed by atoms with Gasteiger partial charge >= 0.3 is 0 Å². The molecule has 1 aliphatic rings. The van der Waals surface area contributed by atoms with Crippen LogP contribution in [0.5, 0.6) is 0 Å². The van der Waals surface area contributed by atoms with Gasteiger partial charge in [-0.3, -0.25) is 4.90 Å². The average molecular weight is 276 g/mol. The zero-order chi connectivity index (χ0) is 14.5. The minimum Gasteiger partial charge on any atom is -0.374 e. The Morgan fingerprint density at radius 2 is 2.20 bits per heavy atom. The first-order valence-corrected chi connectivity index (χ1v) is 7.71. The van der Waals surface area contributed by atoms with Crippen LogP contribution in [0.25, 0.3) is 0 Å². The maximum absolute atomic E-state index is 6.00. The zero-order valence-corrected chi connectivity index (χ0v) is 13.3. The lowest BCUT2D eigenvalue weighted by atomic mass is 9.95. The Labute approximate surface area is 123 Å². The van der Waals surface area contributed by atoms with E-state index in [1.807, 2.05) is 7.05 Å². The van der Waals surface area contributed by atoms with Crippen LogP contribution in [0.4, 0.5) is 0 Å². The van der Waals surface area contributed by atoms with Gasteiger partial charge in [-0.05, 0) is 45.0 Å². The fourth-order valence-corrected chi connectivity index (χ4v) is 2.94. The molecule has 2 rings (SSSR count). The Hall–Kier alpha value is -0.900. The molecular formula is C17H28N2O. The van der Waals surface area contributed by atoms with Gasteiger partial charge in [-0.15, -0.1) is 0 Å². The lowest BCUT2D eigenvalue weighted by molar-refractivity contribution is -0.0436. The lowest BCUT2D eigenvalue weighted by Crippen LogP contribution is -2.52. The van der Waals surface area contributed by atoms with Gasteiger partial charge in [-0.25, -0.2) is 0 Å². The molecule has 0 aromatic heterocycles. The first-order valence-electron chi connectivity index (χ1n) is 7.71. The van der Waals surface area contributed by atoms with E-state index >= 15 is 0 Å². The molecule has 1 aliphatic heterocycles. The third kappa shape index (κ3) is 3.81. The van der Waals surface area contributed by atoms with Crippen molar-refractivity contribution >= 4 is 0 Å². The molecule has 112 valence electrons. The number of nitrogens with zero attached hydrogens (tertiary/aromatic N) is 1. The molecule has 1 aromatic rings. The van der Waals surface area contributed by atoms with Crippen molar-refractivity contribution < 1.29 is 4.74 Å². The molecule has 1 N–H and O–H groups in total. The highest BCUT2D eigenvalue weighted by Crippen LogP contribution is 2.17. The summed E-state index contributed by atoms with van der Waals surface area (Å²) in [4.78, 5) is 2.47. The molecule has 3 heteroatoms. The fourth-order valence-electron chi connectivity index (χ4n) is 2.94. The van der Waals surface area contributed by atoms with Crippen LogP contribution in [-0.2, 0) is 11.2 Å². The lowest BCUT2D eigenvalue weighted by Gasteiger charge is -2.36. The van der Waals surface area contributed by atoms with Gasteiger partial charge in [0.1, 0.15) is 0 Å². The number of nitrogens with one attached hydrogen (secondary N) is 1. The molecule has 20 heavy (non-hydrogen) atoms. The summed E-state index contributed by atoms with van der Waals surface area (Å²) in [6, 6.07) is 7.09. The van der Waals surface area contributed by atoms with E-state index in [0.29, 0.717) is 6.04 Å². The monoisotopic (exact) mass is 276 g/mol. The molecule has 1 saturated heterocycles. The maximum Gasteiger partial charge on any atom is 0.0858 e. The zero-order valence-electron chi connectivity index (χ0n) is 13.3. The van der Waals surface area contributed by atoms with E-state index in [0.717, 1.165) is 32.7 Å². The van der Waals surface area contributed by atoms with Gasteiger partial charge in [0, 0.05) is 19.1 Å². The summed E-state index contributed by atoms with van der Waals surface area (Å²) >= 11 is 0. The second-order valence-electron chi connectivity index (χ2n) is 5.83. The minimum atomic E-state index is 0.286. The predicted octanol–water partition coefficient (Wildman–Crippen LogP) is 2.15. The summed E-state index contributed by atoms with van der Waals surface area (Å²) in [7, 11) is 2.05. The van der Waals surface area contributed by atoms with Crippen LogP contribution >= 0.6 is 0 Å². The van der Waals surface area contributed by atoms with E-state index in [1.54, 1.807) is 0 Å². The van der Waals surface area contributed by atoms with Crippen molar-refractivity contribution in [2.75, 3.05) is 33.3 Å². The van der Waals surface area contributed by atoms with E-state index in [1.165, 1.54) is 16.7 Å². The highest BCUT2D eigenvalue weighted by atomic mass is 16.5.